The molecule has 0 bridgehead atoms. The van der Waals surface area contributed by atoms with E-state index < -0.39 is 11.8 Å². The van der Waals surface area contributed by atoms with Crippen LogP contribution in [0.2, 0.25) is 0 Å². The Kier molecular flexibility index (Phi) is 5.75. The Labute approximate surface area is 143 Å². The average Bonchev–Trinajstić information content (AvgIpc) is 2.92. The van der Waals surface area contributed by atoms with E-state index in [0.29, 0.717) is 13.2 Å². The third-order valence-corrected chi connectivity index (χ3v) is 4.87. The molecule has 1 aromatic carbocycles. The lowest BCUT2D eigenvalue weighted by Gasteiger charge is -2.26. The van der Waals surface area contributed by atoms with Crippen molar-refractivity contribution in [3.8, 4) is 0 Å². The smallest absolute Gasteiger partial charge is 0.309 e. The molecule has 0 aliphatic carbocycles. The summed E-state index contributed by atoms with van der Waals surface area (Å²) in [5.41, 5.74) is 1.01. The lowest BCUT2D eigenvalue weighted by Crippen LogP contribution is -2.33. The monoisotopic (exact) mass is 331 g/mol. The van der Waals surface area contributed by atoms with Crippen molar-refractivity contribution in [2.75, 3.05) is 13.2 Å². The number of hydrogen-bond donors (Lipinski definition) is 0. The minimum Gasteiger partial charge on any atom is -0.466 e. The van der Waals surface area contributed by atoms with Crippen molar-refractivity contribution in [1.82, 2.24) is 4.90 Å². The van der Waals surface area contributed by atoms with Crippen molar-refractivity contribution in [2.45, 2.75) is 33.7 Å². The summed E-state index contributed by atoms with van der Waals surface area (Å²) in [4.78, 5) is 38.7. The Morgan fingerprint density at radius 1 is 1.25 bits per heavy atom. The van der Waals surface area contributed by atoms with E-state index in [1.165, 1.54) is 6.92 Å². The SMILES string of the molecule is CCOC(=O)C(C)[C@H]1CN([C@@H](C)c2ccccc2)C(=O)[C@H]1C(C)=O. The first kappa shape index (κ1) is 18.2. The van der Waals surface area contributed by atoms with Gasteiger partial charge in [-0.3, -0.25) is 14.4 Å². The van der Waals surface area contributed by atoms with Crippen LogP contribution in [-0.2, 0) is 19.1 Å². The number of nitrogens with zero attached hydrogens (tertiary/aromatic N) is 1. The summed E-state index contributed by atoms with van der Waals surface area (Å²) < 4.78 is 5.08. The van der Waals surface area contributed by atoms with Gasteiger partial charge in [-0.1, -0.05) is 37.3 Å². The molecule has 5 nitrogen and oxygen atoms in total. The van der Waals surface area contributed by atoms with E-state index in [0.717, 1.165) is 5.56 Å². The van der Waals surface area contributed by atoms with Crippen molar-refractivity contribution in [3.05, 3.63) is 35.9 Å². The molecular formula is C19H25NO4. The number of likely N-dealkylation sites (tertiary alicyclic amines) is 1. The summed E-state index contributed by atoms with van der Waals surface area (Å²) in [6.07, 6.45) is 0. The summed E-state index contributed by atoms with van der Waals surface area (Å²) in [6.45, 7) is 7.53. The van der Waals surface area contributed by atoms with Crippen LogP contribution in [0.5, 0.6) is 0 Å². The maximum Gasteiger partial charge on any atom is 0.309 e. The molecule has 130 valence electrons. The summed E-state index contributed by atoms with van der Waals surface area (Å²) in [7, 11) is 0. The second kappa shape index (κ2) is 7.60. The van der Waals surface area contributed by atoms with Crippen LogP contribution in [0.25, 0.3) is 0 Å². The summed E-state index contributed by atoms with van der Waals surface area (Å²) >= 11 is 0. The minimum atomic E-state index is -0.768. The van der Waals surface area contributed by atoms with Crippen LogP contribution in [-0.4, -0.2) is 35.7 Å². The molecule has 0 N–H and O–H groups in total. The molecular weight excluding hydrogens is 306 g/mol. The second-order valence-corrected chi connectivity index (χ2v) is 6.37. The largest absolute Gasteiger partial charge is 0.466 e. The van der Waals surface area contributed by atoms with Gasteiger partial charge in [-0.2, -0.15) is 0 Å². The van der Waals surface area contributed by atoms with Gasteiger partial charge in [0, 0.05) is 12.5 Å². The number of esters is 1. The molecule has 1 aliphatic rings. The minimum absolute atomic E-state index is 0.139. The predicted octanol–water partition coefficient (Wildman–Crippen LogP) is 2.61. The molecule has 1 amide bonds. The van der Waals surface area contributed by atoms with E-state index in [9.17, 15) is 14.4 Å². The number of Topliss-reactive ketones (excluding diaryl/α,β-unsaturated/α-hetero) is 1. The Morgan fingerprint density at radius 3 is 2.42 bits per heavy atom. The Hall–Kier alpha value is -2.17. The van der Waals surface area contributed by atoms with E-state index in [-0.39, 0.29) is 29.6 Å². The van der Waals surface area contributed by atoms with Crippen molar-refractivity contribution in [3.63, 3.8) is 0 Å². The number of carbonyl (C=O) groups excluding carboxylic acids is 3. The van der Waals surface area contributed by atoms with E-state index >= 15 is 0 Å². The fourth-order valence-electron chi connectivity index (χ4n) is 3.42. The number of hydrogen-bond acceptors (Lipinski definition) is 4. The molecule has 0 saturated carbocycles. The average molecular weight is 331 g/mol. The van der Waals surface area contributed by atoms with E-state index in [1.807, 2.05) is 37.3 Å². The van der Waals surface area contributed by atoms with Crippen LogP contribution in [0.3, 0.4) is 0 Å². The van der Waals surface area contributed by atoms with Crippen LogP contribution >= 0.6 is 0 Å². The van der Waals surface area contributed by atoms with Crippen LogP contribution < -0.4 is 0 Å². The lowest BCUT2D eigenvalue weighted by molar-refractivity contribution is -0.150. The van der Waals surface area contributed by atoms with Gasteiger partial charge in [-0.05, 0) is 26.3 Å². The van der Waals surface area contributed by atoms with E-state index in [4.69, 9.17) is 4.74 Å². The summed E-state index contributed by atoms with van der Waals surface area (Å²) in [6, 6.07) is 9.55. The molecule has 0 aromatic heterocycles. The molecule has 1 fully saturated rings. The third kappa shape index (κ3) is 3.50. The predicted molar refractivity (Wildman–Crippen MR) is 90.0 cm³/mol. The Morgan fingerprint density at radius 2 is 1.88 bits per heavy atom. The topological polar surface area (TPSA) is 63.7 Å². The second-order valence-electron chi connectivity index (χ2n) is 6.37. The molecule has 4 atom stereocenters. The molecule has 24 heavy (non-hydrogen) atoms. The van der Waals surface area contributed by atoms with Crippen molar-refractivity contribution in [2.24, 2.45) is 17.8 Å². The first-order chi connectivity index (χ1) is 11.4. The normalized spacial score (nSPS) is 23.0. The number of rotatable bonds is 6. The van der Waals surface area contributed by atoms with Crippen molar-refractivity contribution in [1.29, 1.82) is 0 Å². The first-order valence-corrected chi connectivity index (χ1v) is 8.41. The van der Waals surface area contributed by atoms with Gasteiger partial charge in [0.2, 0.25) is 5.91 Å². The number of amides is 1. The van der Waals surface area contributed by atoms with Crippen molar-refractivity contribution < 1.29 is 19.1 Å². The van der Waals surface area contributed by atoms with Gasteiger partial charge < -0.3 is 9.64 Å². The van der Waals surface area contributed by atoms with E-state index in [2.05, 4.69) is 0 Å². The fraction of sp³-hybridized carbons (Fsp3) is 0.526. The van der Waals surface area contributed by atoms with Crippen LogP contribution in [0.15, 0.2) is 30.3 Å². The molecule has 5 heteroatoms. The lowest BCUT2D eigenvalue weighted by atomic mass is 9.82. The summed E-state index contributed by atoms with van der Waals surface area (Å²) in [5, 5.41) is 0. The van der Waals surface area contributed by atoms with E-state index in [1.54, 1.807) is 18.7 Å². The Bertz CT molecular complexity index is 613. The highest BCUT2D eigenvalue weighted by Gasteiger charge is 2.48. The number of carbonyl (C=O) groups is 3. The van der Waals surface area contributed by atoms with Crippen LogP contribution in [0.4, 0.5) is 0 Å². The molecule has 1 aromatic rings. The maximum absolute atomic E-state index is 12.8. The molecule has 1 unspecified atom stereocenters. The maximum atomic E-state index is 12.8. The van der Waals surface area contributed by atoms with Crippen LogP contribution in [0.1, 0.15) is 39.3 Å². The van der Waals surface area contributed by atoms with Crippen molar-refractivity contribution >= 4 is 17.7 Å². The molecule has 0 radical (unpaired) electrons. The highest BCUT2D eigenvalue weighted by Crippen LogP contribution is 2.37. The van der Waals surface area contributed by atoms with Gasteiger partial charge in [-0.25, -0.2) is 0 Å². The molecule has 0 spiro atoms. The molecule has 1 heterocycles. The standard InChI is InChI=1S/C19H25NO4/c1-5-24-19(23)12(2)16-11-20(18(22)17(16)14(4)21)13(3)15-9-7-6-8-10-15/h6-10,12-13,16-17H,5,11H2,1-4H3/t12?,13-,16+,17-/m0/s1. The van der Waals surface area contributed by atoms with Gasteiger partial charge in [-0.15, -0.1) is 0 Å². The zero-order valence-corrected chi connectivity index (χ0v) is 14.7. The number of ether oxygens (including phenoxy) is 1. The quantitative estimate of drug-likeness (QED) is 0.594. The third-order valence-electron chi connectivity index (χ3n) is 4.87. The molecule has 1 saturated heterocycles. The molecule has 1 aliphatic heterocycles. The van der Waals surface area contributed by atoms with Gasteiger partial charge >= 0.3 is 5.97 Å². The van der Waals surface area contributed by atoms with Gasteiger partial charge in [0.05, 0.1) is 18.6 Å². The number of ketones is 1. The Balaban J connectivity index is 2.26. The van der Waals surface area contributed by atoms with Crippen LogP contribution in [0, 0.1) is 17.8 Å². The number of benzene rings is 1. The molecule has 2 rings (SSSR count). The fourth-order valence-corrected chi connectivity index (χ4v) is 3.42. The zero-order chi connectivity index (χ0) is 17.9. The summed E-state index contributed by atoms with van der Waals surface area (Å²) in [5.74, 6) is -2.34. The zero-order valence-electron chi connectivity index (χ0n) is 14.7. The van der Waals surface area contributed by atoms with Gasteiger partial charge in [0.25, 0.3) is 0 Å². The highest BCUT2D eigenvalue weighted by atomic mass is 16.5. The van der Waals surface area contributed by atoms with Gasteiger partial charge in [0.1, 0.15) is 11.7 Å². The highest BCUT2D eigenvalue weighted by molar-refractivity contribution is 6.02. The first-order valence-electron chi connectivity index (χ1n) is 8.41. The van der Waals surface area contributed by atoms with Gasteiger partial charge in [0.15, 0.2) is 0 Å².